The molecule has 0 unspecified atom stereocenters. The van der Waals surface area contributed by atoms with E-state index in [9.17, 15) is 23.3 Å². The lowest BCUT2D eigenvalue weighted by Gasteiger charge is -2.20. The minimum Gasteiger partial charge on any atom is -0.495 e. The monoisotopic (exact) mass is 421 g/mol. The lowest BCUT2D eigenvalue weighted by Crippen LogP contribution is -2.31. The molecule has 0 aliphatic rings. The maximum Gasteiger partial charge on any atom is 0.274 e. The van der Waals surface area contributed by atoms with E-state index in [-0.39, 0.29) is 40.7 Å². The molecule has 2 rings (SSSR count). The smallest absolute Gasteiger partial charge is 0.274 e. The van der Waals surface area contributed by atoms with Crippen molar-refractivity contribution in [3.05, 3.63) is 57.6 Å². The third-order valence-corrected chi connectivity index (χ3v) is 6.57. The van der Waals surface area contributed by atoms with Gasteiger partial charge in [0.1, 0.15) is 10.6 Å². The highest BCUT2D eigenvalue weighted by Crippen LogP contribution is 2.29. The van der Waals surface area contributed by atoms with Crippen molar-refractivity contribution in [1.29, 1.82) is 0 Å². The first-order valence-electron chi connectivity index (χ1n) is 8.90. The van der Waals surface area contributed by atoms with Crippen LogP contribution in [0.25, 0.3) is 0 Å². The van der Waals surface area contributed by atoms with Gasteiger partial charge in [-0.2, -0.15) is 4.31 Å². The Labute approximate surface area is 169 Å². The van der Waals surface area contributed by atoms with Crippen LogP contribution in [0.3, 0.4) is 0 Å². The van der Waals surface area contributed by atoms with E-state index in [4.69, 9.17) is 4.74 Å². The maximum absolute atomic E-state index is 12.9. The molecule has 0 spiro atoms. The number of anilines is 1. The predicted molar refractivity (Wildman–Crippen MR) is 109 cm³/mol. The van der Waals surface area contributed by atoms with Crippen LogP contribution >= 0.6 is 0 Å². The Kier molecular flexibility index (Phi) is 6.93. The van der Waals surface area contributed by atoms with E-state index in [1.54, 1.807) is 13.8 Å². The molecule has 156 valence electrons. The van der Waals surface area contributed by atoms with E-state index in [0.29, 0.717) is 5.56 Å². The van der Waals surface area contributed by atoms with Crippen LogP contribution in [-0.2, 0) is 10.0 Å². The molecule has 0 saturated carbocycles. The van der Waals surface area contributed by atoms with Gasteiger partial charge in [0.2, 0.25) is 10.0 Å². The Bertz CT molecular complexity index is 1030. The highest BCUT2D eigenvalue weighted by molar-refractivity contribution is 7.89. The van der Waals surface area contributed by atoms with Crippen LogP contribution in [0.5, 0.6) is 5.75 Å². The van der Waals surface area contributed by atoms with Gasteiger partial charge < -0.3 is 10.1 Å². The molecule has 10 heteroatoms. The number of hydrogen-bond acceptors (Lipinski definition) is 6. The number of hydrogen-bond donors (Lipinski definition) is 1. The molecule has 0 aromatic heterocycles. The van der Waals surface area contributed by atoms with E-state index >= 15 is 0 Å². The molecule has 29 heavy (non-hydrogen) atoms. The van der Waals surface area contributed by atoms with Gasteiger partial charge in [0.25, 0.3) is 11.6 Å². The van der Waals surface area contributed by atoms with E-state index < -0.39 is 20.9 Å². The van der Waals surface area contributed by atoms with Gasteiger partial charge in [-0.25, -0.2) is 8.42 Å². The van der Waals surface area contributed by atoms with Crippen LogP contribution in [0.15, 0.2) is 41.3 Å². The second-order valence-electron chi connectivity index (χ2n) is 6.12. The standard InChI is InChI=1S/C19H23N3O6S/c1-5-21(6-2)29(26,27)18-12-14(10-11-17(18)28-4)19(23)20-15-8-7-9-16(13(15)3)22(24)25/h7-12H,5-6H2,1-4H3,(H,20,23). The summed E-state index contributed by atoms with van der Waals surface area (Å²) in [6.45, 7) is 5.50. The number of nitrogens with one attached hydrogen (secondary N) is 1. The first-order chi connectivity index (χ1) is 13.7. The molecular formula is C19H23N3O6S. The van der Waals surface area contributed by atoms with Crippen molar-refractivity contribution >= 4 is 27.3 Å². The average molecular weight is 421 g/mol. The van der Waals surface area contributed by atoms with Crippen LogP contribution in [0.2, 0.25) is 0 Å². The normalized spacial score (nSPS) is 11.3. The Balaban J connectivity index is 2.45. The van der Waals surface area contributed by atoms with Crippen molar-refractivity contribution in [3.8, 4) is 5.75 Å². The number of benzene rings is 2. The fourth-order valence-corrected chi connectivity index (χ4v) is 4.51. The van der Waals surface area contributed by atoms with Gasteiger partial charge in [-0.05, 0) is 31.2 Å². The highest BCUT2D eigenvalue weighted by Gasteiger charge is 2.27. The first kappa shape index (κ1) is 22.3. The molecule has 0 bridgehead atoms. The SMILES string of the molecule is CCN(CC)S(=O)(=O)c1cc(C(=O)Nc2cccc([N+](=O)[O-])c2C)ccc1OC. The summed E-state index contributed by atoms with van der Waals surface area (Å²) in [5, 5.41) is 13.7. The van der Waals surface area contributed by atoms with Gasteiger partial charge in [0.05, 0.1) is 23.3 Å². The summed E-state index contributed by atoms with van der Waals surface area (Å²) in [7, 11) is -2.51. The summed E-state index contributed by atoms with van der Waals surface area (Å²) in [6.07, 6.45) is 0. The second-order valence-corrected chi connectivity index (χ2v) is 8.02. The predicted octanol–water partition coefficient (Wildman–Crippen LogP) is 3.19. The van der Waals surface area contributed by atoms with Gasteiger partial charge in [0, 0.05) is 24.7 Å². The third kappa shape index (κ3) is 4.54. The van der Waals surface area contributed by atoms with Crippen molar-refractivity contribution in [1.82, 2.24) is 4.31 Å². The molecular weight excluding hydrogens is 398 g/mol. The highest BCUT2D eigenvalue weighted by atomic mass is 32.2. The first-order valence-corrected chi connectivity index (χ1v) is 10.3. The van der Waals surface area contributed by atoms with Crippen LogP contribution in [0.1, 0.15) is 29.8 Å². The van der Waals surface area contributed by atoms with Crippen molar-refractivity contribution in [2.45, 2.75) is 25.7 Å². The van der Waals surface area contributed by atoms with Crippen LogP contribution in [-0.4, -0.2) is 43.8 Å². The molecule has 0 aliphatic heterocycles. The molecule has 0 radical (unpaired) electrons. The molecule has 0 saturated heterocycles. The zero-order chi connectivity index (χ0) is 21.8. The minimum atomic E-state index is -3.86. The maximum atomic E-state index is 12.9. The zero-order valence-electron chi connectivity index (χ0n) is 16.6. The Hall–Kier alpha value is -2.98. The molecule has 2 aromatic rings. The van der Waals surface area contributed by atoms with Gasteiger partial charge in [-0.1, -0.05) is 19.9 Å². The van der Waals surface area contributed by atoms with Gasteiger partial charge >= 0.3 is 0 Å². The van der Waals surface area contributed by atoms with Gasteiger partial charge in [-0.3, -0.25) is 14.9 Å². The van der Waals surface area contributed by atoms with E-state index in [2.05, 4.69) is 5.32 Å². The number of carbonyl (C=O) groups is 1. The van der Waals surface area contributed by atoms with Gasteiger partial charge in [-0.15, -0.1) is 0 Å². The Morgan fingerprint density at radius 3 is 2.41 bits per heavy atom. The van der Waals surface area contributed by atoms with E-state index in [1.165, 1.54) is 54.7 Å². The number of carbonyl (C=O) groups excluding carboxylic acids is 1. The quantitative estimate of drug-likeness (QED) is 0.516. The summed E-state index contributed by atoms with van der Waals surface area (Å²) in [5.74, 6) is -0.466. The molecule has 1 amide bonds. The molecule has 0 atom stereocenters. The van der Waals surface area contributed by atoms with Crippen LogP contribution in [0.4, 0.5) is 11.4 Å². The Morgan fingerprint density at radius 1 is 1.21 bits per heavy atom. The van der Waals surface area contributed by atoms with E-state index in [1.807, 2.05) is 0 Å². The number of nitro benzene ring substituents is 1. The average Bonchev–Trinajstić information content (AvgIpc) is 2.69. The van der Waals surface area contributed by atoms with Crippen LogP contribution in [0, 0.1) is 17.0 Å². The summed E-state index contributed by atoms with van der Waals surface area (Å²) in [5.41, 5.74) is 0.535. The van der Waals surface area contributed by atoms with E-state index in [0.717, 1.165) is 0 Å². The molecule has 9 nitrogen and oxygen atoms in total. The number of nitrogens with zero attached hydrogens (tertiary/aromatic N) is 2. The summed E-state index contributed by atoms with van der Waals surface area (Å²) >= 11 is 0. The number of nitro groups is 1. The minimum absolute atomic E-state index is 0.0856. The topological polar surface area (TPSA) is 119 Å². The van der Waals surface area contributed by atoms with Crippen molar-refractivity contribution in [2.24, 2.45) is 0 Å². The van der Waals surface area contributed by atoms with Crippen molar-refractivity contribution < 1.29 is 22.9 Å². The molecule has 1 N–H and O–H groups in total. The number of ether oxygens (including phenoxy) is 1. The zero-order valence-corrected chi connectivity index (χ0v) is 17.4. The summed E-state index contributed by atoms with van der Waals surface area (Å²) in [4.78, 5) is 23.1. The van der Waals surface area contributed by atoms with Crippen LogP contribution < -0.4 is 10.1 Å². The molecule has 0 heterocycles. The number of rotatable bonds is 8. The van der Waals surface area contributed by atoms with Crippen molar-refractivity contribution in [2.75, 3.05) is 25.5 Å². The number of methoxy groups -OCH3 is 1. The molecule has 0 aliphatic carbocycles. The fourth-order valence-electron chi connectivity index (χ4n) is 2.87. The largest absolute Gasteiger partial charge is 0.495 e. The fraction of sp³-hybridized carbons (Fsp3) is 0.316. The lowest BCUT2D eigenvalue weighted by molar-refractivity contribution is -0.385. The molecule has 2 aromatic carbocycles. The summed E-state index contributed by atoms with van der Waals surface area (Å²) < 4.78 is 32.3. The third-order valence-electron chi connectivity index (χ3n) is 4.50. The lowest BCUT2D eigenvalue weighted by atomic mass is 10.1. The Morgan fingerprint density at radius 2 is 1.86 bits per heavy atom. The second kappa shape index (κ2) is 9.01. The number of sulfonamides is 1. The van der Waals surface area contributed by atoms with Crippen molar-refractivity contribution in [3.63, 3.8) is 0 Å². The number of amides is 1. The van der Waals surface area contributed by atoms with Gasteiger partial charge in [0.15, 0.2) is 0 Å². The molecule has 0 fully saturated rings. The summed E-state index contributed by atoms with van der Waals surface area (Å²) in [6, 6.07) is 8.43.